The summed E-state index contributed by atoms with van der Waals surface area (Å²) in [5, 5.41) is 0. The van der Waals surface area contributed by atoms with E-state index in [-0.39, 0.29) is 0 Å². The van der Waals surface area contributed by atoms with Gasteiger partial charge in [0.05, 0.1) is 16.9 Å². The molecule has 1 aliphatic rings. The van der Waals surface area contributed by atoms with Gasteiger partial charge in [0.2, 0.25) is 0 Å². The third-order valence-electron chi connectivity index (χ3n) is 4.40. The fourth-order valence-electron chi connectivity index (χ4n) is 3.07. The van der Waals surface area contributed by atoms with Crippen molar-refractivity contribution in [2.75, 3.05) is 23.7 Å². The second-order valence-corrected chi connectivity index (χ2v) is 6.02. The van der Waals surface area contributed by atoms with Gasteiger partial charge in [-0.15, -0.1) is 0 Å². The standard InChI is InChI=1S/C16H25N3O/c1-11(2)12-5-4-9-19(10-8-12)14-7-3-6-13(15(14)17)16(18)20/h3,6-7,11-12H,4-5,8-10,17H2,1-2H3,(H2,18,20). The molecule has 4 nitrogen and oxygen atoms in total. The van der Waals surface area contributed by atoms with E-state index in [9.17, 15) is 4.79 Å². The van der Waals surface area contributed by atoms with Crippen LogP contribution in [0.2, 0.25) is 0 Å². The molecule has 20 heavy (non-hydrogen) atoms. The molecule has 110 valence electrons. The number of para-hydroxylation sites is 1. The van der Waals surface area contributed by atoms with Crippen molar-refractivity contribution < 1.29 is 4.79 Å². The molecule has 1 aliphatic heterocycles. The van der Waals surface area contributed by atoms with Crippen LogP contribution >= 0.6 is 0 Å². The van der Waals surface area contributed by atoms with Gasteiger partial charge in [-0.1, -0.05) is 19.9 Å². The summed E-state index contributed by atoms with van der Waals surface area (Å²) in [7, 11) is 0. The molecule has 0 aliphatic carbocycles. The summed E-state index contributed by atoms with van der Waals surface area (Å²) in [6.45, 7) is 6.58. The quantitative estimate of drug-likeness (QED) is 0.833. The summed E-state index contributed by atoms with van der Waals surface area (Å²) >= 11 is 0. The Morgan fingerprint density at radius 3 is 2.70 bits per heavy atom. The Labute approximate surface area is 121 Å². The van der Waals surface area contributed by atoms with Crippen molar-refractivity contribution in [1.29, 1.82) is 0 Å². The van der Waals surface area contributed by atoms with Gasteiger partial charge in [-0.3, -0.25) is 4.79 Å². The van der Waals surface area contributed by atoms with Gasteiger partial charge in [0.15, 0.2) is 0 Å². The first kappa shape index (κ1) is 14.7. The van der Waals surface area contributed by atoms with Gasteiger partial charge in [0.25, 0.3) is 5.91 Å². The van der Waals surface area contributed by atoms with Gasteiger partial charge in [-0.05, 0) is 43.2 Å². The number of nitrogen functional groups attached to an aromatic ring is 1. The summed E-state index contributed by atoms with van der Waals surface area (Å²) in [6.07, 6.45) is 3.62. The zero-order valence-electron chi connectivity index (χ0n) is 12.4. The van der Waals surface area contributed by atoms with Crippen LogP contribution in [0.4, 0.5) is 11.4 Å². The van der Waals surface area contributed by atoms with Gasteiger partial charge in [-0.2, -0.15) is 0 Å². The number of nitrogens with two attached hydrogens (primary N) is 2. The van der Waals surface area contributed by atoms with Crippen molar-refractivity contribution in [2.45, 2.75) is 33.1 Å². The van der Waals surface area contributed by atoms with E-state index in [1.54, 1.807) is 6.07 Å². The summed E-state index contributed by atoms with van der Waals surface area (Å²) in [5.74, 6) is 1.05. The van der Waals surface area contributed by atoms with Crippen molar-refractivity contribution in [2.24, 2.45) is 17.6 Å². The van der Waals surface area contributed by atoms with Crippen molar-refractivity contribution in [1.82, 2.24) is 0 Å². The van der Waals surface area contributed by atoms with E-state index >= 15 is 0 Å². The third kappa shape index (κ3) is 3.06. The summed E-state index contributed by atoms with van der Waals surface area (Å²) < 4.78 is 0. The number of benzene rings is 1. The van der Waals surface area contributed by atoms with Gasteiger partial charge in [-0.25, -0.2) is 0 Å². The van der Waals surface area contributed by atoms with E-state index in [4.69, 9.17) is 11.5 Å². The molecule has 0 saturated carbocycles. The third-order valence-corrected chi connectivity index (χ3v) is 4.40. The molecule has 1 heterocycles. The fraction of sp³-hybridized carbons (Fsp3) is 0.562. The normalized spacial score (nSPS) is 19.9. The highest BCUT2D eigenvalue weighted by Crippen LogP contribution is 2.31. The lowest BCUT2D eigenvalue weighted by molar-refractivity contribution is 0.100. The Bertz CT molecular complexity index is 485. The maximum Gasteiger partial charge on any atom is 0.250 e. The minimum Gasteiger partial charge on any atom is -0.396 e. The van der Waals surface area contributed by atoms with Crippen molar-refractivity contribution in [3.8, 4) is 0 Å². The van der Waals surface area contributed by atoms with Crippen LogP contribution in [0.25, 0.3) is 0 Å². The fourth-order valence-corrected chi connectivity index (χ4v) is 3.07. The van der Waals surface area contributed by atoms with E-state index in [1.807, 2.05) is 12.1 Å². The first-order chi connectivity index (χ1) is 9.50. The predicted molar refractivity (Wildman–Crippen MR) is 83.8 cm³/mol. The highest BCUT2D eigenvalue weighted by atomic mass is 16.1. The van der Waals surface area contributed by atoms with Crippen LogP contribution in [-0.4, -0.2) is 19.0 Å². The Morgan fingerprint density at radius 1 is 1.30 bits per heavy atom. The Balaban J connectivity index is 2.20. The van der Waals surface area contributed by atoms with Crippen LogP contribution in [0.15, 0.2) is 18.2 Å². The lowest BCUT2D eigenvalue weighted by atomic mass is 9.89. The molecule has 0 spiro atoms. The van der Waals surface area contributed by atoms with Gasteiger partial charge in [0.1, 0.15) is 0 Å². The number of anilines is 2. The van der Waals surface area contributed by atoms with Crippen LogP contribution < -0.4 is 16.4 Å². The number of nitrogens with zero attached hydrogens (tertiary/aromatic N) is 1. The maximum atomic E-state index is 11.4. The number of hydrogen-bond donors (Lipinski definition) is 2. The predicted octanol–water partition coefficient (Wildman–Crippen LogP) is 2.63. The highest BCUT2D eigenvalue weighted by molar-refractivity contribution is 6.00. The summed E-state index contributed by atoms with van der Waals surface area (Å²) in [5.41, 5.74) is 13.4. The van der Waals surface area contributed by atoms with Crippen LogP contribution in [0.5, 0.6) is 0 Å². The molecule has 4 N–H and O–H groups in total. The number of amides is 1. The topological polar surface area (TPSA) is 72.3 Å². The molecule has 0 radical (unpaired) electrons. The minimum atomic E-state index is -0.459. The average molecular weight is 275 g/mol. The Hall–Kier alpha value is -1.71. The number of primary amides is 1. The first-order valence-electron chi connectivity index (χ1n) is 7.44. The second-order valence-electron chi connectivity index (χ2n) is 6.02. The number of rotatable bonds is 3. The number of hydrogen-bond acceptors (Lipinski definition) is 3. The largest absolute Gasteiger partial charge is 0.396 e. The SMILES string of the molecule is CC(C)C1CCCN(c2cccc(C(N)=O)c2N)CC1. The van der Waals surface area contributed by atoms with E-state index in [0.29, 0.717) is 11.3 Å². The molecule has 1 unspecified atom stereocenters. The summed E-state index contributed by atoms with van der Waals surface area (Å²) in [4.78, 5) is 13.7. The molecule has 1 fully saturated rings. The molecule has 2 rings (SSSR count). The molecule has 1 atom stereocenters. The Kier molecular flexibility index (Phi) is 4.53. The van der Waals surface area contributed by atoms with E-state index in [2.05, 4.69) is 18.7 Å². The van der Waals surface area contributed by atoms with E-state index in [0.717, 1.165) is 30.6 Å². The average Bonchev–Trinajstić information content (AvgIpc) is 2.64. The van der Waals surface area contributed by atoms with Crippen molar-refractivity contribution in [3.63, 3.8) is 0 Å². The van der Waals surface area contributed by atoms with Gasteiger partial charge >= 0.3 is 0 Å². The summed E-state index contributed by atoms with van der Waals surface area (Å²) in [6, 6.07) is 5.53. The van der Waals surface area contributed by atoms with Crippen LogP contribution in [-0.2, 0) is 0 Å². The molecule has 4 heteroatoms. The maximum absolute atomic E-state index is 11.4. The molecular formula is C16H25N3O. The molecule has 1 aromatic carbocycles. The lowest BCUT2D eigenvalue weighted by Gasteiger charge is -2.25. The number of carbonyl (C=O) groups excluding carboxylic acids is 1. The van der Waals surface area contributed by atoms with Crippen LogP contribution in [0.1, 0.15) is 43.5 Å². The second kappa shape index (κ2) is 6.16. The monoisotopic (exact) mass is 275 g/mol. The van der Waals surface area contributed by atoms with E-state index < -0.39 is 5.91 Å². The van der Waals surface area contributed by atoms with E-state index in [1.165, 1.54) is 19.3 Å². The highest BCUT2D eigenvalue weighted by Gasteiger charge is 2.21. The number of carbonyl (C=O) groups is 1. The van der Waals surface area contributed by atoms with Gasteiger partial charge < -0.3 is 16.4 Å². The van der Waals surface area contributed by atoms with Crippen molar-refractivity contribution in [3.05, 3.63) is 23.8 Å². The molecule has 1 saturated heterocycles. The van der Waals surface area contributed by atoms with Crippen LogP contribution in [0.3, 0.4) is 0 Å². The minimum absolute atomic E-state index is 0.423. The Morgan fingerprint density at radius 2 is 2.05 bits per heavy atom. The first-order valence-corrected chi connectivity index (χ1v) is 7.44. The molecular weight excluding hydrogens is 250 g/mol. The zero-order valence-corrected chi connectivity index (χ0v) is 12.4. The lowest BCUT2D eigenvalue weighted by Crippen LogP contribution is -2.26. The zero-order chi connectivity index (χ0) is 14.7. The molecule has 0 aromatic heterocycles. The molecule has 1 aromatic rings. The smallest absolute Gasteiger partial charge is 0.250 e. The molecule has 1 amide bonds. The molecule has 0 bridgehead atoms. The van der Waals surface area contributed by atoms with Crippen LogP contribution in [0, 0.1) is 11.8 Å². The van der Waals surface area contributed by atoms with Crippen molar-refractivity contribution >= 4 is 17.3 Å². The van der Waals surface area contributed by atoms with Gasteiger partial charge in [0, 0.05) is 13.1 Å².